The summed E-state index contributed by atoms with van der Waals surface area (Å²) in [5.41, 5.74) is 3.42. The molecule has 0 unspecified atom stereocenters. The van der Waals surface area contributed by atoms with Gasteiger partial charge in [-0.3, -0.25) is 24.2 Å². The van der Waals surface area contributed by atoms with Crippen molar-refractivity contribution in [2.24, 2.45) is 0 Å². The molecular weight excluding hydrogens is 710 g/mol. The van der Waals surface area contributed by atoms with Gasteiger partial charge in [0.1, 0.15) is 23.7 Å². The van der Waals surface area contributed by atoms with Gasteiger partial charge in [0.15, 0.2) is 0 Å². The van der Waals surface area contributed by atoms with Crippen molar-refractivity contribution >= 4 is 39.7 Å². The molecule has 4 amide bonds. The number of likely N-dealkylation sites (N-methyl/N-ethyl adjacent to an activating group) is 1. The average molecular weight is 761 g/mol. The monoisotopic (exact) mass is 759 g/mol. The number of rotatable bonds is 10. The summed E-state index contributed by atoms with van der Waals surface area (Å²) in [6.45, 7) is 8.43. The quantitative estimate of drug-likeness (QED) is 0.253. The van der Waals surface area contributed by atoms with Crippen LogP contribution in [0.4, 0.5) is 4.79 Å². The topological polar surface area (TPSA) is 111 Å². The standard InChI is InChI=1S/C40H50BrN5O5/c1-27(44(5)39(50)51-40(2,3)4)36(47)42-33-26-45(25-29-18-16-28(24-41)17-19-29)23-22-32-20-21-34(46(32)38(33)49)37(48)43-35(30-12-8-6-9-13-30)31-14-10-7-11-15-31/h6-19,27,32-35H,20-26H2,1-5H3,(H,42,47)(H,43,48)/t27-,32-,33+,34+/m1/s1. The van der Waals surface area contributed by atoms with Crippen LogP contribution in [-0.4, -0.2) is 88.4 Å². The van der Waals surface area contributed by atoms with Gasteiger partial charge in [0.05, 0.1) is 6.04 Å². The fourth-order valence-electron chi connectivity index (χ4n) is 6.79. The van der Waals surface area contributed by atoms with Gasteiger partial charge in [-0.15, -0.1) is 0 Å². The summed E-state index contributed by atoms with van der Waals surface area (Å²) in [5.74, 6) is -1.00. The highest BCUT2D eigenvalue weighted by Crippen LogP contribution is 2.31. The summed E-state index contributed by atoms with van der Waals surface area (Å²) in [5, 5.41) is 7.00. The van der Waals surface area contributed by atoms with Crippen molar-refractivity contribution in [3.63, 3.8) is 0 Å². The largest absolute Gasteiger partial charge is 0.444 e. The van der Waals surface area contributed by atoms with Gasteiger partial charge >= 0.3 is 6.09 Å². The molecule has 0 saturated carbocycles. The number of alkyl halides is 1. The van der Waals surface area contributed by atoms with Gasteiger partial charge in [0, 0.05) is 38.1 Å². The van der Waals surface area contributed by atoms with Crippen molar-refractivity contribution in [3.8, 4) is 0 Å². The van der Waals surface area contributed by atoms with Crippen LogP contribution in [0.1, 0.15) is 75.3 Å². The Bertz CT molecular complexity index is 1610. The van der Waals surface area contributed by atoms with Crippen LogP contribution >= 0.6 is 15.9 Å². The zero-order chi connectivity index (χ0) is 36.7. The Labute approximate surface area is 310 Å². The maximum atomic E-state index is 14.6. The Morgan fingerprint density at radius 2 is 1.49 bits per heavy atom. The Kier molecular flexibility index (Phi) is 12.6. The van der Waals surface area contributed by atoms with Crippen molar-refractivity contribution < 1.29 is 23.9 Å². The van der Waals surface area contributed by atoms with Crippen LogP contribution in [0.2, 0.25) is 0 Å². The first-order chi connectivity index (χ1) is 24.3. The molecule has 3 aromatic rings. The highest BCUT2D eigenvalue weighted by atomic mass is 79.9. The number of hydrogen-bond donors (Lipinski definition) is 2. The minimum Gasteiger partial charge on any atom is -0.444 e. The van der Waals surface area contributed by atoms with E-state index >= 15 is 0 Å². The molecule has 3 aromatic carbocycles. The number of benzene rings is 3. The molecule has 51 heavy (non-hydrogen) atoms. The Morgan fingerprint density at radius 3 is 2.06 bits per heavy atom. The maximum absolute atomic E-state index is 14.6. The molecule has 272 valence electrons. The summed E-state index contributed by atoms with van der Waals surface area (Å²) in [7, 11) is 1.51. The van der Waals surface area contributed by atoms with Crippen molar-refractivity contribution in [3.05, 3.63) is 107 Å². The van der Waals surface area contributed by atoms with Crippen LogP contribution in [0, 0.1) is 0 Å². The molecule has 5 rings (SSSR count). The first kappa shape index (κ1) is 38.0. The lowest BCUT2D eigenvalue weighted by atomic mass is 9.98. The number of amides is 4. The van der Waals surface area contributed by atoms with E-state index < -0.39 is 41.8 Å². The molecule has 2 heterocycles. The number of fused-ring (bicyclic) bond motifs is 1. The Hall–Kier alpha value is -4.22. The third-order valence-electron chi connectivity index (χ3n) is 9.67. The number of hydrogen-bond acceptors (Lipinski definition) is 6. The lowest BCUT2D eigenvalue weighted by Crippen LogP contribution is -2.62. The molecule has 0 radical (unpaired) electrons. The third-order valence-corrected chi connectivity index (χ3v) is 10.3. The van der Waals surface area contributed by atoms with Gasteiger partial charge in [-0.05, 0) is 69.2 Å². The number of halogens is 1. The van der Waals surface area contributed by atoms with Gasteiger partial charge in [-0.25, -0.2) is 4.79 Å². The van der Waals surface area contributed by atoms with E-state index in [1.807, 2.05) is 60.7 Å². The van der Waals surface area contributed by atoms with Gasteiger partial charge in [-0.2, -0.15) is 0 Å². The van der Waals surface area contributed by atoms with Gasteiger partial charge in [-0.1, -0.05) is 101 Å². The van der Waals surface area contributed by atoms with E-state index in [1.54, 1.807) is 32.6 Å². The van der Waals surface area contributed by atoms with E-state index in [0.29, 0.717) is 32.4 Å². The van der Waals surface area contributed by atoms with Crippen LogP contribution in [-0.2, 0) is 31.0 Å². The zero-order valence-electron chi connectivity index (χ0n) is 30.2. The third kappa shape index (κ3) is 9.77. The van der Waals surface area contributed by atoms with E-state index in [0.717, 1.165) is 22.0 Å². The number of ether oxygens (including phenoxy) is 1. The molecule has 2 aliphatic heterocycles. The average Bonchev–Trinajstić information content (AvgIpc) is 3.55. The molecule has 0 aliphatic carbocycles. The van der Waals surface area contributed by atoms with E-state index in [2.05, 4.69) is 55.7 Å². The fourth-order valence-corrected chi connectivity index (χ4v) is 7.16. The zero-order valence-corrected chi connectivity index (χ0v) is 31.8. The second kappa shape index (κ2) is 16.9. The molecule has 2 fully saturated rings. The minimum atomic E-state index is -0.941. The van der Waals surface area contributed by atoms with Crippen LogP contribution in [0.25, 0.3) is 0 Å². The molecule has 2 N–H and O–H groups in total. The summed E-state index contributed by atoms with van der Waals surface area (Å²) < 4.78 is 5.49. The fraction of sp³-hybridized carbons (Fsp3) is 0.450. The lowest BCUT2D eigenvalue weighted by Gasteiger charge is -2.39. The van der Waals surface area contributed by atoms with Crippen LogP contribution in [0.3, 0.4) is 0 Å². The molecule has 10 nitrogen and oxygen atoms in total. The van der Waals surface area contributed by atoms with E-state index in [1.165, 1.54) is 17.5 Å². The van der Waals surface area contributed by atoms with Crippen molar-refractivity contribution in [2.45, 2.75) is 94.6 Å². The Morgan fingerprint density at radius 1 is 0.902 bits per heavy atom. The summed E-state index contributed by atoms with van der Waals surface area (Å²) in [4.78, 5) is 60.6. The molecule has 0 aromatic heterocycles. The summed E-state index contributed by atoms with van der Waals surface area (Å²) in [6.07, 6.45) is 1.27. The van der Waals surface area contributed by atoms with Crippen LogP contribution in [0.15, 0.2) is 84.9 Å². The molecule has 2 aliphatic rings. The minimum absolute atomic E-state index is 0.167. The van der Waals surface area contributed by atoms with Gasteiger partial charge in [0.2, 0.25) is 17.7 Å². The maximum Gasteiger partial charge on any atom is 0.410 e. The van der Waals surface area contributed by atoms with Crippen molar-refractivity contribution in [1.29, 1.82) is 0 Å². The highest BCUT2D eigenvalue weighted by molar-refractivity contribution is 9.08. The lowest BCUT2D eigenvalue weighted by molar-refractivity contribution is -0.145. The number of nitrogens with one attached hydrogen (secondary N) is 2. The van der Waals surface area contributed by atoms with Gasteiger partial charge in [0.25, 0.3) is 0 Å². The molecule has 2 saturated heterocycles. The summed E-state index contributed by atoms with van der Waals surface area (Å²) in [6, 6.07) is 24.8. The SMILES string of the molecule is C[C@H](C(=O)N[C@H]1CN(Cc2ccc(CBr)cc2)CC[C@H]2CC[C@@H](C(=O)NC(c3ccccc3)c3ccccc3)N2C1=O)N(C)C(=O)OC(C)(C)C. The first-order valence-electron chi connectivity index (χ1n) is 17.7. The van der Waals surface area contributed by atoms with E-state index in [-0.39, 0.29) is 24.4 Å². The van der Waals surface area contributed by atoms with Crippen LogP contribution < -0.4 is 10.6 Å². The first-order valence-corrected chi connectivity index (χ1v) is 18.8. The normalized spacial score (nSPS) is 20.2. The van der Waals surface area contributed by atoms with Crippen molar-refractivity contribution in [1.82, 2.24) is 25.3 Å². The summed E-state index contributed by atoms with van der Waals surface area (Å²) >= 11 is 3.51. The smallest absolute Gasteiger partial charge is 0.410 e. The molecule has 0 bridgehead atoms. The molecular formula is C40H50BrN5O5. The van der Waals surface area contributed by atoms with E-state index in [9.17, 15) is 19.2 Å². The number of nitrogens with zero attached hydrogens (tertiary/aromatic N) is 3. The second-order valence-electron chi connectivity index (χ2n) is 14.6. The van der Waals surface area contributed by atoms with Crippen molar-refractivity contribution in [2.75, 3.05) is 20.1 Å². The number of carbonyl (C=O) groups excluding carboxylic acids is 4. The van der Waals surface area contributed by atoms with E-state index in [4.69, 9.17) is 4.74 Å². The molecule has 4 atom stereocenters. The highest BCUT2D eigenvalue weighted by Gasteiger charge is 2.45. The second-order valence-corrected chi connectivity index (χ2v) is 15.1. The Balaban J connectivity index is 1.39. The predicted molar refractivity (Wildman–Crippen MR) is 201 cm³/mol. The van der Waals surface area contributed by atoms with Crippen LogP contribution in [0.5, 0.6) is 0 Å². The number of carbonyl (C=O) groups is 4. The predicted octanol–water partition coefficient (Wildman–Crippen LogP) is 5.79. The molecule has 0 spiro atoms. The van der Waals surface area contributed by atoms with Gasteiger partial charge < -0.3 is 20.3 Å². The molecule has 11 heteroatoms.